The molecule has 0 amide bonds. The van der Waals surface area contributed by atoms with Gasteiger partial charge in [-0.25, -0.2) is 9.07 Å². The molecule has 1 aromatic carbocycles. The molecule has 2 aromatic rings. The van der Waals surface area contributed by atoms with Gasteiger partial charge in [0, 0.05) is 13.6 Å². The highest BCUT2D eigenvalue weighted by Gasteiger charge is 2.08. The smallest absolute Gasteiger partial charge is 0.198 e. The third-order valence-corrected chi connectivity index (χ3v) is 3.50. The van der Waals surface area contributed by atoms with Gasteiger partial charge < -0.3 is 9.67 Å². The van der Waals surface area contributed by atoms with E-state index in [9.17, 15) is 4.39 Å². The van der Waals surface area contributed by atoms with Crippen LogP contribution in [-0.2, 0) is 26.9 Å². The Kier molecular flexibility index (Phi) is 4.64. The predicted molar refractivity (Wildman–Crippen MR) is 75.8 cm³/mol. The van der Waals surface area contributed by atoms with Crippen molar-refractivity contribution in [1.82, 2.24) is 19.2 Å². The first-order valence-electron chi connectivity index (χ1n) is 6.18. The minimum atomic E-state index is -0.240. The van der Waals surface area contributed by atoms with Crippen molar-refractivity contribution in [2.45, 2.75) is 19.8 Å². The zero-order chi connectivity index (χ0) is 14.7. The molecule has 0 atom stereocenters. The fourth-order valence-electron chi connectivity index (χ4n) is 1.94. The third-order valence-electron chi connectivity index (χ3n) is 3.01. The summed E-state index contributed by atoms with van der Waals surface area (Å²) < 4.78 is 16.7. The van der Waals surface area contributed by atoms with Crippen LogP contribution >= 0.6 is 12.2 Å². The van der Waals surface area contributed by atoms with Crippen molar-refractivity contribution in [1.29, 1.82) is 0 Å². The summed E-state index contributed by atoms with van der Waals surface area (Å²) in [5.41, 5.74) is 1.01. The molecule has 108 valence electrons. The van der Waals surface area contributed by atoms with Crippen LogP contribution in [0.1, 0.15) is 11.4 Å². The van der Waals surface area contributed by atoms with Crippen LogP contribution < -0.4 is 0 Å². The summed E-state index contributed by atoms with van der Waals surface area (Å²) in [6.45, 7) is 1.02. The summed E-state index contributed by atoms with van der Waals surface area (Å²) in [7, 11) is 3.70. The van der Waals surface area contributed by atoms with Crippen LogP contribution in [0.2, 0.25) is 0 Å². The van der Waals surface area contributed by atoms with E-state index in [4.69, 9.17) is 17.3 Å². The van der Waals surface area contributed by atoms with Crippen molar-refractivity contribution < 1.29 is 9.50 Å². The number of nitrogens with zero attached hydrogens (tertiary/aromatic N) is 4. The average Bonchev–Trinajstić information content (AvgIpc) is 2.69. The lowest BCUT2D eigenvalue weighted by Crippen LogP contribution is -2.22. The highest BCUT2D eigenvalue weighted by atomic mass is 32.1. The molecule has 0 unspecified atom stereocenters. The molecule has 0 radical (unpaired) electrons. The number of benzene rings is 1. The van der Waals surface area contributed by atoms with Crippen LogP contribution in [0.5, 0.6) is 0 Å². The molecule has 5 nitrogen and oxygen atoms in total. The van der Waals surface area contributed by atoms with Gasteiger partial charge in [-0.2, -0.15) is 5.10 Å². The van der Waals surface area contributed by atoms with Crippen LogP contribution in [0.25, 0.3) is 0 Å². The highest BCUT2D eigenvalue weighted by Crippen LogP contribution is 2.07. The Labute approximate surface area is 121 Å². The van der Waals surface area contributed by atoms with Gasteiger partial charge in [0.1, 0.15) is 12.4 Å². The molecule has 2 rings (SSSR count). The Morgan fingerprint density at radius 1 is 1.35 bits per heavy atom. The Bertz CT molecular complexity index is 635. The molecule has 0 bridgehead atoms. The largest absolute Gasteiger partial charge is 0.388 e. The summed E-state index contributed by atoms with van der Waals surface area (Å²) in [5, 5.41) is 13.4. The quantitative estimate of drug-likeness (QED) is 0.853. The van der Waals surface area contributed by atoms with E-state index in [-0.39, 0.29) is 12.4 Å². The van der Waals surface area contributed by atoms with E-state index in [0.29, 0.717) is 23.8 Å². The second-order valence-electron chi connectivity index (χ2n) is 4.70. The maximum Gasteiger partial charge on any atom is 0.198 e. The molecule has 0 spiro atoms. The van der Waals surface area contributed by atoms with Crippen LogP contribution in [0.3, 0.4) is 0 Å². The van der Waals surface area contributed by atoms with Crippen molar-refractivity contribution in [3.05, 3.63) is 46.2 Å². The SMILES string of the molecule is CN(Cc1ccc(F)cc1)Cn1nc(CO)n(C)c1=S. The fourth-order valence-corrected chi connectivity index (χ4v) is 2.15. The van der Waals surface area contributed by atoms with Gasteiger partial charge in [-0.05, 0) is 37.0 Å². The summed E-state index contributed by atoms with van der Waals surface area (Å²) in [6.07, 6.45) is 0. The van der Waals surface area contributed by atoms with E-state index < -0.39 is 0 Å². The first kappa shape index (κ1) is 14.8. The lowest BCUT2D eigenvalue weighted by atomic mass is 10.2. The van der Waals surface area contributed by atoms with Crippen molar-refractivity contribution >= 4 is 12.2 Å². The van der Waals surface area contributed by atoms with E-state index in [1.165, 1.54) is 12.1 Å². The first-order chi connectivity index (χ1) is 9.51. The summed E-state index contributed by atoms with van der Waals surface area (Å²) in [5.74, 6) is 0.293. The maximum atomic E-state index is 12.8. The van der Waals surface area contributed by atoms with Gasteiger partial charge in [0.25, 0.3) is 0 Å². The van der Waals surface area contributed by atoms with Crippen molar-refractivity contribution in [3.63, 3.8) is 0 Å². The number of hydrogen-bond donors (Lipinski definition) is 1. The van der Waals surface area contributed by atoms with Crippen molar-refractivity contribution in [2.75, 3.05) is 7.05 Å². The van der Waals surface area contributed by atoms with Gasteiger partial charge in [0.2, 0.25) is 0 Å². The predicted octanol–water partition coefficient (Wildman–Crippen LogP) is 1.67. The maximum absolute atomic E-state index is 12.8. The van der Waals surface area contributed by atoms with Gasteiger partial charge in [0.05, 0.1) is 6.67 Å². The Hall–Kier alpha value is -1.57. The number of aliphatic hydroxyl groups is 1. The lowest BCUT2D eigenvalue weighted by molar-refractivity contribution is 0.238. The number of halogens is 1. The van der Waals surface area contributed by atoms with E-state index in [0.717, 1.165) is 5.56 Å². The molecule has 0 saturated heterocycles. The summed E-state index contributed by atoms with van der Waals surface area (Å²) >= 11 is 5.26. The molecule has 7 heteroatoms. The Morgan fingerprint density at radius 2 is 2.00 bits per heavy atom. The van der Waals surface area contributed by atoms with Gasteiger partial charge in [0.15, 0.2) is 10.6 Å². The van der Waals surface area contributed by atoms with Crippen LogP contribution in [0, 0.1) is 10.6 Å². The minimum absolute atomic E-state index is 0.144. The summed E-state index contributed by atoms with van der Waals surface area (Å²) in [6, 6.07) is 6.39. The van der Waals surface area contributed by atoms with Gasteiger partial charge in [-0.1, -0.05) is 12.1 Å². The van der Waals surface area contributed by atoms with Crippen molar-refractivity contribution in [3.8, 4) is 0 Å². The van der Waals surface area contributed by atoms with Crippen LogP contribution in [0.4, 0.5) is 4.39 Å². The standard InChI is InChI=1S/C13H17FN4OS/c1-16(7-10-3-5-11(14)6-4-10)9-18-13(20)17(2)12(8-19)15-18/h3-6,19H,7-9H2,1-2H3. The van der Waals surface area contributed by atoms with E-state index >= 15 is 0 Å². The second kappa shape index (κ2) is 6.25. The first-order valence-corrected chi connectivity index (χ1v) is 6.58. The molecule has 1 N–H and O–H groups in total. The topological polar surface area (TPSA) is 46.2 Å². The molecule has 0 aliphatic rings. The number of rotatable bonds is 5. The summed E-state index contributed by atoms with van der Waals surface area (Å²) in [4.78, 5) is 2.01. The minimum Gasteiger partial charge on any atom is -0.388 e. The van der Waals surface area contributed by atoms with E-state index in [1.54, 1.807) is 28.4 Å². The molecule has 0 saturated carbocycles. The van der Waals surface area contributed by atoms with E-state index in [2.05, 4.69) is 5.10 Å². The number of aliphatic hydroxyl groups excluding tert-OH is 1. The third kappa shape index (κ3) is 3.30. The van der Waals surface area contributed by atoms with Gasteiger partial charge >= 0.3 is 0 Å². The molecule has 0 aliphatic heterocycles. The molecular weight excluding hydrogens is 279 g/mol. The molecule has 0 aliphatic carbocycles. The monoisotopic (exact) mass is 296 g/mol. The zero-order valence-corrected chi connectivity index (χ0v) is 12.3. The Balaban J connectivity index is 2.06. The molecule has 20 heavy (non-hydrogen) atoms. The van der Waals surface area contributed by atoms with Gasteiger partial charge in [-0.3, -0.25) is 4.90 Å². The number of aromatic nitrogens is 3. The van der Waals surface area contributed by atoms with Crippen LogP contribution in [0.15, 0.2) is 24.3 Å². The molecular formula is C13H17FN4OS. The average molecular weight is 296 g/mol. The van der Waals surface area contributed by atoms with Crippen LogP contribution in [-0.4, -0.2) is 31.4 Å². The zero-order valence-electron chi connectivity index (χ0n) is 11.5. The fraction of sp³-hybridized carbons (Fsp3) is 0.385. The molecule has 1 heterocycles. The van der Waals surface area contributed by atoms with Crippen molar-refractivity contribution in [2.24, 2.45) is 7.05 Å². The Morgan fingerprint density at radius 3 is 2.55 bits per heavy atom. The number of hydrogen-bond acceptors (Lipinski definition) is 4. The second-order valence-corrected chi connectivity index (χ2v) is 5.06. The lowest BCUT2D eigenvalue weighted by Gasteiger charge is -2.16. The molecule has 1 aromatic heterocycles. The highest BCUT2D eigenvalue weighted by molar-refractivity contribution is 7.71. The molecule has 0 fully saturated rings. The van der Waals surface area contributed by atoms with E-state index in [1.807, 2.05) is 11.9 Å². The normalized spacial score (nSPS) is 11.2. The van der Waals surface area contributed by atoms with Gasteiger partial charge in [-0.15, -0.1) is 0 Å².